The Morgan fingerprint density at radius 2 is 1.00 bits per heavy atom. The van der Waals surface area contributed by atoms with E-state index >= 15 is 0 Å². The summed E-state index contributed by atoms with van der Waals surface area (Å²) in [6.07, 6.45) is 7.56. The summed E-state index contributed by atoms with van der Waals surface area (Å²) in [5.74, 6) is 16.4. The number of carbonyl (C=O) groups excluding carboxylic acids is 2. The molecule has 0 aromatic rings. The third-order valence-electron chi connectivity index (χ3n) is 7.52. The Morgan fingerprint density at radius 3 is 1.36 bits per heavy atom. The number of amides is 2. The molecular formula is C26H36N2O5. The first-order valence-electron chi connectivity index (χ1n) is 12.5. The zero-order valence-electron chi connectivity index (χ0n) is 19.4. The molecule has 6 atom stereocenters. The second kappa shape index (κ2) is 12.2. The molecule has 4 rings (SSSR count). The first-order chi connectivity index (χ1) is 16.2. The molecule has 2 fully saturated rings. The molecule has 7 nitrogen and oxygen atoms in total. The molecule has 0 saturated heterocycles. The molecule has 2 amide bonds. The molecule has 0 bridgehead atoms. The predicted octanol–water partition coefficient (Wildman–Crippen LogP) is 3.33. The Kier molecular flexibility index (Phi) is 8.78. The highest BCUT2D eigenvalue weighted by molar-refractivity contribution is 5.67. The van der Waals surface area contributed by atoms with Crippen molar-refractivity contribution in [2.45, 2.75) is 51.4 Å². The topological polar surface area (TPSA) is 85.9 Å². The van der Waals surface area contributed by atoms with E-state index in [1.807, 2.05) is 0 Å². The van der Waals surface area contributed by atoms with Crippen molar-refractivity contribution in [3.05, 3.63) is 0 Å². The second-order valence-electron chi connectivity index (χ2n) is 9.51. The van der Waals surface area contributed by atoms with Crippen LogP contribution in [0.5, 0.6) is 0 Å². The fraction of sp³-hybridized carbons (Fsp3) is 0.769. The van der Waals surface area contributed by atoms with Crippen LogP contribution >= 0.6 is 0 Å². The summed E-state index contributed by atoms with van der Waals surface area (Å²) in [4.78, 5) is 23.7. The van der Waals surface area contributed by atoms with Crippen LogP contribution in [0.1, 0.15) is 51.4 Å². The van der Waals surface area contributed by atoms with Crippen LogP contribution in [0, 0.1) is 59.2 Å². The Labute approximate surface area is 197 Å². The van der Waals surface area contributed by atoms with Crippen LogP contribution < -0.4 is 10.6 Å². The van der Waals surface area contributed by atoms with Crippen molar-refractivity contribution in [2.75, 3.05) is 39.5 Å². The van der Waals surface area contributed by atoms with E-state index in [2.05, 4.69) is 34.3 Å². The van der Waals surface area contributed by atoms with Crippen molar-refractivity contribution in [3.8, 4) is 23.7 Å². The molecule has 0 spiro atoms. The van der Waals surface area contributed by atoms with Gasteiger partial charge in [-0.3, -0.25) is 0 Å². The lowest BCUT2D eigenvalue weighted by Crippen LogP contribution is -2.31. The van der Waals surface area contributed by atoms with Crippen LogP contribution in [0.25, 0.3) is 0 Å². The Morgan fingerprint density at radius 1 is 0.636 bits per heavy atom. The van der Waals surface area contributed by atoms with Crippen molar-refractivity contribution in [1.82, 2.24) is 10.6 Å². The van der Waals surface area contributed by atoms with E-state index in [-0.39, 0.29) is 0 Å². The summed E-state index contributed by atoms with van der Waals surface area (Å²) in [6, 6.07) is 0. The molecule has 7 heteroatoms. The highest BCUT2D eigenvalue weighted by Crippen LogP contribution is 2.53. The number of nitrogens with one attached hydrogen (secondary N) is 2. The smallest absolute Gasteiger partial charge is 0.407 e. The van der Waals surface area contributed by atoms with Crippen LogP contribution in [-0.4, -0.2) is 51.7 Å². The maximum absolute atomic E-state index is 11.9. The molecule has 4 aliphatic carbocycles. The summed E-state index contributed by atoms with van der Waals surface area (Å²) in [5.41, 5.74) is 0. The average Bonchev–Trinajstić information content (AvgIpc) is 3.63. The second-order valence-corrected chi connectivity index (χ2v) is 9.51. The average molecular weight is 457 g/mol. The van der Waals surface area contributed by atoms with E-state index in [9.17, 15) is 9.59 Å². The minimum Gasteiger partial charge on any atom is -0.449 e. The number of carbonyl (C=O) groups is 2. The number of alkyl carbamates (subject to hydrolysis) is 2. The van der Waals surface area contributed by atoms with Crippen molar-refractivity contribution >= 4 is 12.2 Å². The third kappa shape index (κ3) is 7.30. The highest BCUT2D eigenvalue weighted by atomic mass is 16.6. The summed E-state index contributed by atoms with van der Waals surface area (Å²) < 4.78 is 16.2. The minimum atomic E-state index is -0.394. The monoisotopic (exact) mass is 456 g/mol. The quantitative estimate of drug-likeness (QED) is 0.389. The van der Waals surface area contributed by atoms with Crippen LogP contribution in [-0.2, 0) is 14.2 Å². The summed E-state index contributed by atoms with van der Waals surface area (Å²) >= 11 is 0. The normalized spacial score (nSPS) is 31.2. The van der Waals surface area contributed by atoms with Gasteiger partial charge >= 0.3 is 12.2 Å². The molecule has 0 aromatic heterocycles. The predicted molar refractivity (Wildman–Crippen MR) is 123 cm³/mol. The van der Waals surface area contributed by atoms with E-state index in [1.54, 1.807) is 0 Å². The summed E-state index contributed by atoms with van der Waals surface area (Å²) in [7, 11) is 0. The highest BCUT2D eigenvalue weighted by Gasteiger charge is 2.50. The van der Waals surface area contributed by atoms with Crippen molar-refractivity contribution in [2.24, 2.45) is 35.5 Å². The molecule has 2 saturated carbocycles. The lowest BCUT2D eigenvalue weighted by Gasteiger charge is -2.09. The van der Waals surface area contributed by atoms with E-state index < -0.39 is 12.2 Å². The van der Waals surface area contributed by atoms with E-state index in [0.717, 1.165) is 51.4 Å². The first-order valence-corrected chi connectivity index (χ1v) is 12.5. The van der Waals surface area contributed by atoms with Crippen LogP contribution in [0.4, 0.5) is 9.59 Å². The maximum Gasteiger partial charge on any atom is 0.407 e. The Balaban J connectivity index is 0.946. The Bertz CT molecular complexity index is 705. The van der Waals surface area contributed by atoms with Gasteiger partial charge in [-0.2, -0.15) is 0 Å². The van der Waals surface area contributed by atoms with Crippen molar-refractivity contribution in [3.63, 3.8) is 0 Å². The molecule has 33 heavy (non-hydrogen) atoms. The molecule has 2 N–H and O–H groups in total. The van der Waals surface area contributed by atoms with Gasteiger partial charge in [0.25, 0.3) is 0 Å². The van der Waals surface area contributed by atoms with Gasteiger partial charge in [-0.05, 0) is 61.2 Å². The van der Waals surface area contributed by atoms with Gasteiger partial charge in [0.15, 0.2) is 0 Å². The third-order valence-corrected chi connectivity index (χ3v) is 7.52. The van der Waals surface area contributed by atoms with Crippen LogP contribution in [0.3, 0.4) is 0 Å². The van der Waals surface area contributed by atoms with Gasteiger partial charge in [-0.1, -0.05) is 0 Å². The Hall–Kier alpha value is -2.38. The SMILES string of the molecule is O=C(NCCOCCNC(=O)OCC1[C@H]2CCC#CCC[C@@H]12)OCC1[C@H]2CCC#CCC[C@@H]12. The molecule has 4 aliphatic rings. The van der Waals surface area contributed by atoms with Crippen LogP contribution in [0.15, 0.2) is 0 Å². The van der Waals surface area contributed by atoms with Gasteiger partial charge in [-0.15, -0.1) is 23.7 Å². The largest absolute Gasteiger partial charge is 0.449 e. The van der Waals surface area contributed by atoms with Crippen molar-refractivity contribution < 1.29 is 23.8 Å². The minimum absolute atomic E-state index is 0.366. The fourth-order valence-corrected chi connectivity index (χ4v) is 5.56. The van der Waals surface area contributed by atoms with Gasteiger partial charge in [0.05, 0.1) is 26.4 Å². The zero-order valence-corrected chi connectivity index (χ0v) is 19.4. The molecular weight excluding hydrogens is 420 g/mol. The van der Waals surface area contributed by atoms with Crippen LogP contribution in [0.2, 0.25) is 0 Å². The molecule has 0 heterocycles. The molecule has 2 unspecified atom stereocenters. The van der Waals surface area contributed by atoms with Gasteiger partial charge in [0.1, 0.15) is 0 Å². The van der Waals surface area contributed by atoms with E-state index in [1.165, 1.54) is 0 Å². The van der Waals surface area contributed by atoms with Gasteiger partial charge in [0.2, 0.25) is 0 Å². The number of hydrogen-bond acceptors (Lipinski definition) is 5. The number of hydrogen-bond donors (Lipinski definition) is 2. The standard InChI is InChI=1S/C26H36N2O5/c29-25(32-17-23-19-9-5-1-2-6-10-20(19)23)27-13-15-31-16-14-28-26(30)33-18-24-21-11-7-3-4-8-12-22(21)24/h19-24H,5-18H2,(H,27,29)(H,28,30)/t19-,20+,21-,22+,23?,24?. The lowest BCUT2D eigenvalue weighted by atomic mass is 10.1. The van der Waals surface area contributed by atoms with E-state index in [0.29, 0.717) is 75.0 Å². The van der Waals surface area contributed by atoms with Gasteiger partial charge in [0, 0.05) is 38.8 Å². The lowest BCUT2D eigenvalue weighted by molar-refractivity contribution is 0.112. The summed E-state index contributed by atoms with van der Waals surface area (Å²) in [5, 5.41) is 5.43. The fourth-order valence-electron chi connectivity index (χ4n) is 5.56. The first kappa shape index (κ1) is 23.8. The van der Waals surface area contributed by atoms with Crippen molar-refractivity contribution in [1.29, 1.82) is 0 Å². The number of ether oxygens (including phenoxy) is 3. The number of rotatable bonds is 10. The molecule has 0 radical (unpaired) electrons. The number of fused-ring (bicyclic) bond motifs is 2. The summed E-state index contributed by atoms with van der Waals surface area (Å²) in [6.45, 7) is 2.47. The molecule has 180 valence electrons. The van der Waals surface area contributed by atoms with Gasteiger partial charge < -0.3 is 24.8 Å². The zero-order chi connectivity index (χ0) is 22.9. The molecule has 0 aromatic carbocycles. The van der Waals surface area contributed by atoms with Gasteiger partial charge in [-0.25, -0.2) is 9.59 Å². The van der Waals surface area contributed by atoms with E-state index in [4.69, 9.17) is 14.2 Å². The molecule has 0 aliphatic heterocycles. The maximum atomic E-state index is 11.9.